The number of nitrogens with zero attached hydrogens (tertiary/aromatic N) is 1. The summed E-state index contributed by atoms with van der Waals surface area (Å²) in [4.78, 5) is 11.8. The molecule has 1 aliphatic heterocycles. The minimum absolute atomic E-state index is 0.0603. The van der Waals surface area contributed by atoms with Gasteiger partial charge in [-0.2, -0.15) is 0 Å². The molecular weight excluding hydrogens is 272 g/mol. The second-order valence-corrected chi connectivity index (χ2v) is 3.73. The second kappa shape index (κ2) is 4.57. The highest BCUT2D eigenvalue weighted by Gasteiger charge is 2.20. The van der Waals surface area contributed by atoms with E-state index in [1.54, 1.807) is 0 Å². The number of hydrogen-bond donors (Lipinski definition) is 1. The summed E-state index contributed by atoms with van der Waals surface area (Å²) in [6, 6.07) is 0. The Labute approximate surface area is 93.5 Å². The Morgan fingerprint density at radius 2 is 2.27 bits per heavy atom. The molecule has 1 aliphatic rings. The number of alkyl halides is 2. The van der Waals surface area contributed by atoms with Crippen molar-refractivity contribution >= 4 is 21.9 Å². The molecule has 6 heteroatoms. The molecule has 1 N–H and O–H groups in total. The van der Waals surface area contributed by atoms with E-state index in [-0.39, 0.29) is 5.57 Å². The van der Waals surface area contributed by atoms with Gasteiger partial charge in [0.15, 0.2) is 0 Å². The van der Waals surface area contributed by atoms with Gasteiger partial charge in [-0.1, -0.05) is 6.58 Å². The average molecular weight is 280 g/mol. The van der Waals surface area contributed by atoms with Gasteiger partial charge in [-0.05, 0) is 22.0 Å². The summed E-state index contributed by atoms with van der Waals surface area (Å²) in [5, 5.41) is 8.72. The molecule has 0 saturated heterocycles. The summed E-state index contributed by atoms with van der Waals surface area (Å²) in [5.74, 6) is -1.17. The van der Waals surface area contributed by atoms with Crippen LogP contribution >= 0.6 is 15.9 Å². The summed E-state index contributed by atoms with van der Waals surface area (Å²) >= 11 is 3.06. The third kappa shape index (κ3) is 2.89. The average Bonchev–Trinajstić information content (AvgIpc) is 2.11. The van der Waals surface area contributed by atoms with Crippen LogP contribution in [0.4, 0.5) is 8.78 Å². The van der Waals surface area contributed by atoms with Crippen LogP contribution in [0.1, 0.15) is 0 Å². The van der Waals surface area contributed by atoms with Crippen molar-refractivity contribution in [1.29, 1.82) is 0 Å². The van der Waals surface area contributed by atoms with Gasteiger partial charge >= 0.3 is 5.97 Å². The molecule has 1 heterocycles. The van der Waals surface area contributed by atoms with E-state index >= 15 is 0 Å². The first-order chi connectivity index (χ1) is 6.91. The molecule has 3 nitrogen and oxygen atoms in total. The van der Waals surface area contributed by atoms with Crippen molar-refractivity contribution in [1.82, 2.24) is 4.90 Å². The Bertz CT molecular complexity index is 363. The van der Waals surface area contributed by atoms with Crippen LogP contribution in [0.2, 0.25) is 0 Å². The van der Waals surface area contributed by atoms with E-state index in [0.717, 1.165) is 11.1 Å². The quantitative estimate of drug-likeness (QED) is 0.862. The van der Waals surface area contributed by atoms with Crippen molar-refractivity contribution in [2.45, 2.75) is 6.43 Å². The summed E-state index contributed by atoms with van der Waals surface area (Å²) in [5.41, 5.74) is 0.259. The van der Waals surface area contributed by atoms with Gasteiger partial charge < -0.3 is 10.0 Å². The van der Waals surface area contributed by atoms with E-state index in [0.29, 0.717) is 10.2 Å². The zero-order valence-electron chi connectivity index (χ0n) is 7.58. The number of allylic oxidation sites excluding steroid dienone is 1. The number of carboxylic acids is 1. The highest BCUT2D eigenvalue weighted by Crippen LogP contribution is 2.27. The van der Waals surface area contributed by atoms with E-state index in [1.165, 1.54) is 6.08 Å². The minimum Gasteiger partial charge on any atom is -0.478 e. The zero-order chi connectivity index (χ0) is 11.6. The van der Waals surface area contributed by atoms with Crippen LogP contribution < -0.4 is 0 Å². The number of aliphatic carboxylic acids is 1. The van der Waals surface area contributed by atoms with Crippen LogP contribution in [0.5, 0.6) is 0 Å². The normalized spacial score (nSPS) is 16.5. The summed E-state index contributed by atoms with van der Waals surface area (Å²) in [7, 11) is 0. The Morgan fingerprint density at radius 1 is 1.67 bits per heavy atom. The van der Waals surface area contributed by atoms with Crippen LogP contribution in [0.15, 0.2) is 34.6 Å². The molecule has 0 amide bonds. The smallest absolute Gasteiger partial charge is 0.337 e. The Morgan fingerprint density at radius 3 is 2.73 bits per heavy atom. The molecule has 15 heavy (non-hydrogen) atoms. The SMILES string of the molecule is C=C1C(Br)=CC(C(=O)O)=CN1CC(F)F. The van der Waals surface area contributed by atoms with Crippen molar-refractivity contribution in [2.24, 2.45) is 0 Å². The lowest BCUT2D eigenvalue weighted by Gasteiger charge is -2.25. The molecule has 0 bridgehead atoms. The monoisotopic (exact) mass is 279 g/mol. The molecule has 0 unspecified atom stereocenters. The molecule has 0 aromatic carbocycles. The first kappa shape index (κ1) is 11.9. The molecule has 82 valence electrons. The number of halogens is 3. The van der Waals surface area contributed by atoms with Crippen LogP contribution in [0.25, 0.3) is 0 Å². The lowest BCUT2D eigenvalue weighted by Crippen LogP contribution is -2.26. The lowest BCUT2D eigenvalue weighted by atomic mass is 10.2. The molecular formula is C9H8BrF2NO2. The van der Waals surface area contributed by atoms with Crippen LogP contribution in [-0.4, -0.2) is 28.9 Å². The van der Waals surface area contributed by atoms with E-state index < -0.39 is 18.9 Å². The molecule has 1 rings (SSSR count). The second-order valence-electron chi connectivity index (χ2n) is 2.87. The van der Waals surface area contributed by atoms with E-state index in [2.05, 4.69) is 22.5 Å². The predicted octanol–water partition coefficient (Wildman–Crippen LogP) is 2.33. The summed E-state index contributed by atoms with van der Waals surface area (Å²) in [6.45, 7) is 2.99. The molecule has 0 fully saturated rings. The Hall–Kier alpha value is -1.17. The van der Waals surface area contributed by atoms with Crippen LogP contribution in [0, 0.1) is 0 Å². The Kier molecular flexibility index (Phi) is 3.62. The third-order valence-corrected chi connectivity index (χ3v) is 2.47. The van der Waals surface area contributed by atoms with Crippen molar-refractivity contribution in [3.8, 4) is 0 Å². The van der Waals surface area contributed by atoms with Crippen LogP contribution in [0.3, 0.4) is 0 Å². The fourth-order valence-electron chi connectivity index (χ4n) is 1.07. The molecule has 0 saturated carbocycles. The first-order valence-electron chi connectivity index (χ1n) is 3.98. The summed E-state index contributed by atoms with van der Waals surface area (Å²) in [6.07, 6.45) is -0.0831. The van der Waals surface area contributed by atoms with Gasteiger partial charge in [0.05, 0.1) is 12.1 Å². The molecule has 0 aromatic rings. The summed E-state index contributed by atoms with van der Waals surface area (Å²) < 4.78 is 24.7. The Balaban J connectivity index is 2.94. The molecule has 0 atom stereocenters. The zero-order valence-corrected chi connectivity index (χ0v) is 9.17. The topological polar surface area (TPSA) is 40.5 Å². The highest BCUT2D eigenvalue weighted by atomic mass is 79.9. The van der Waals surface area contributed by atoms with Gasteiger partial charge in [0.25, 0.3) is 6.43 Å². The largest absolute Gasteiger partial charge is 0.478 e. The number of carbonyl (C=O) groups is 1. The maximum Gasteiger partial charge on any atom is 0.337 e. The number of hydrogen-bond acceptors (Lipinski definition) is 2. The van der Waals surface area contributed by atoms with Crippen LogP contribution in [-0.2, 0) is 4.79 Å². The maximum atomic E-state index is 12.2. The van der Waals surface area contributed by atoms with E-state index in [9.17, 15) is 13.6 Å². The van der Waals surface area contributed by atoms with E-state index in [4.69, 9.17) is 5.11 Å². The van der Waals surface area contributed by atoms with Gasteiger partial charge in [-0.3, -0.25) is 0 Å². The van der Waals surface area contributed by atoms with Gasteiger partial charge in [0, 0.05) is 16.4 Å². The molecule has 0 radical (unpaired) electrons. The maximum absolute atomic E-state index is 12.2. The fourth-order valence-corrected chi connectivity index (χ4v) is 1.54. The lowest BCUT2D eigenvalue weighted by molar-refractivity contribution is -0.132. The van der Waals surface area contributed by atoms with Crippen molar-refractivity contribution < 1.29 is 18.7 Å². The number of carboxylic acid groups (broad SMARTS) is 1. The standard InChI is InChI=1S/C9H8BrF2NO2/c1-5-7(10)2-6(9(14)15)3-13(5)4-8(11)12/h2-3,8H,1,4H2,(H,14,15). The van der Waals surface area contributed by atoms with Gasteiger partial charge in [0.1, 0.15) is 0 Å². The molecule has 0 spiro atoms. The van der Waals surface area contributed by atoms with Crippen molar-refractivity contribution in [2.75, 3.05) is 6.54 Å². The fraction of sp³-hybridized carbons (Fsp3) is 0.222. The predicted molar refractivity (Wildman–Crippen MR) is 54.6 cm³/mol. The van der Waals surface area contributed by atoms with E-state index in [1.807, 2.05) is 0 Å². The molecule has 0 aromatic heterocycles. The highest BCUT2D eigenvalue weighted by molar-refractivity contribution is 9.12. The number of rotatable bonds is 3. The van der Waals surface area contributed by atoms with Crippen molar-refractivity contribution in [3.05, 3.63) is 34.6 Å². The van der Waals surface area contributed by atoms with Gasteiger partial charge in [-0.25, -0.2) is 13.6 Å². The van der Waals surface area contributed by atoms with Crippen molar-refractivity contribution in [3.63, 3.8) is 0 Å². The first-order valence-corrected chi connectivity index (χ1v) is 4.77. The third-order valence-electron chi connectivity index (χ3n) is 1.78. The van der Waals surface area contributed by atoms with Gasteiger partial charge in [-0.15, -0.1) is 0 Å². The molecule has 0 aliphatic carbocycles. The minimum atomic E-state index is -2.55. The van der Waals surface area contributed by atoms with Gasteiger partial charge in [0.2, 0.25) is 0 Å².